The van der Waals surface area contributed by atoms with Gasteiger partial charge in [0.25, 0.3) is 0 Å². The fourth-order valence-corrected chi connectivity index (χ4v) is 2.81. The summed E-state index contributed by atoms with van der Waals surface area (Å²) in [4.78, 5) is 5.70. The second kappa shape index (κ2) is 6.13. The molecule has 0 aliphatic rings. The first-order chi connectivity index (χ1) is 9.56. The molecule has 3 heteroatoms. The Hall–Kier alpha value is -1.76. The lowest BCUT2D eigenvalue weighted by atomic mass is 10.0. The molecule has 0 aliphatic heterocycles. The second-order valence-corrected chi connectivity index (χ2v) is 5.50. The maximum Gasteiger partial charge on any atom is 0.0599 e. The van der Waals surface area contributed by atoms with Crippen LogP contribution in [-0.4, -0.2) is 30.0 Å². The normalized spacial score (nSPS) is 11.2. The molecule has 0 bridgehead atoms. The number of H-pyrrole nitrogens is 1. The number of aromatic nitrogens is 1. The highest BCUT2D eigenvalue weighted by Crippen LogP contribution is 2.27. The molecule has 0 unspecified atom stereocenters. The molecular weight excluding hydrogens is 246 g/mol. The van der Waals surface area contributed by atoms with Crippen LogP contribution in [0.2, 0.25) is 0 Å². The second-order valence-electron chi connectivity index (χ2n) is 5.50. The number of rotatable bonds is 5. The number of benzene rings is 1. The van der Waals surface area contributed by atoms with Crippen LogP contribution in [0.25, 0.3) is 10.9 Å². The molecule has 3 nitrogen and oxygen atoms in total. The Morgan fingerprint density at radius 1 is 1.35 bits per heavy atom. The largest absolute Gasteiger partial charge is 0.357 e. The van der Waals surface area contributed by atoms with E-state index in [0.29, 0.717) is 13.1 Å². The summed E-state index contributed by atoms with van der Waals surface area (Å²) in [5.74, 6) is 2.68. The molecule has 2 rings (SSSR count). The van der Waals surface area contributed by atoms with Crippen molar-refractivity contribution < 1.29 is 0 Å². The molecule has 0 saturated carbocycles. The van der Waals surface area contributed by atoms with Crippen molar-refractivity contribution in [3.8, 4) is 12.3 Å². The molecule has 0 spiro atoms. The zero-order valence-electron chi connectivity index (χ0n) is 12.6. The highest BCUT2D eigenvalue weighted by atomic mass is 15.1. The van der Waals surface area contributed by atoms with Crippen molar-refractivity contribution in [2.24, 2.45) is 5.73 Å². The van der Waals surface area contributed by atoms with Gasteiger partial charge in [0.05, 0.1) is 6.54 Å². The van der Waals surface area contributed by atoms with Crippen molar-refractivity contribution in [1.29, 1.82) is 0 Å². The minimum atomic E-state index is 0.648. The summed E-state index contributed by atoms with van der Waals surface area (Å²) >= 11 is 0. The van der Waals surface area contributed by atoms with Crippen molar-refractivity contribution in [2.75, 3.05) is 20.1 Å². The van der Waals surface area contributed by atoms with Crippen LogP contribution in [-0.2, 0) is 13.0 Å². The van der Waals surface area contributed by atoms with Gasteiger partial charge in [-0.1, -0.05) is 17.6 Å². The van der Waals surface area contributed by atoms with Gasteiger partial charge >= 0.3 is 0 Å². The summed E-state index contributed by atoms with van der Waals surface area (Å²) < 4.78 is 0. The third-order valence-electron chi connectivity index (χ3n) is 3.63. The molecule has 106 valence electrons. The lowest BCUT2D eigenvalue weighted by Crippen LogP contribution is -2.19. The summed E-state index contributed by atoms with van der Waals surface area (Å²) in [7, 11) is 2.04. The van der Waals surface area contributed by atoms with Crippen molar-refractivity contribution in [3.05, 3.63) is 34.5 Å². The minimum absolute atomic E-state index is 0.648. The summed E-state index contributed by atoms with van der Waals surface area (Å²) in [5.41, 5.74) is 12.1. The molecule has 0 aliphatic carbocycles. The van der Waals surface area contributed by atoms with E-state index in [-0.39, 0.29) is 0 Å². The number of aryl methyl sites for hydroxylation is 2. The Balaban J connectivity index is 2.50. The topological polar surface area (TPSA) is 45.0 Å². The van der Waals surface area contributed by atoms with Gasteiger partial charge in [0.1, 0.15) is 0 Å². The third kappa shape index (κ3) is 2.87. The first kappa shape index (κ1) is 14.6. The van der Waals surface area contributed by atoms with Gasteiger partial charge in [-0.3, -0.25) is 4.90 Å². The SMILES string of the molecule is C#CCN(C)Cc1[nH]c2c(C)cc(C)cc2c1CCN. The van der Waals surface area contributed by atoms with E-state index >= 15 is 0 Å². The fourth-order valence-electron chi connectivity index (χ4n) is 2.81. The zero-order chi connectivity index (χ0) is 14.7. The van der Waals surface area contributed by atoms with Gasteiger partial charge in [0.2, 0.25) is 0 Å². The fraction of sp³-hybridized carbons (Fsp3) is 0.412. The minimum Gasteiger partial charge on any atom is -0.357 e. The number of aromatic amines is 1. The molecule has 0 saturated heterocycles. The van der Waals surface area contributed by atoms with Crippen LogP contribution < -0.4 is 5.73 Å². The molecule has 1 aromatic carbocycles. The van der Waals surface area contributed by atoms with Gasteiger partial charge in [-0.15, -0.1) is 6.42 Å². The highest BCUT2D eigenvalue weighted by molar-refractivity contribution is 5.88. The molecule has 2 aromatic rings. The van der Waals surface area contributed by atoms with Crippen LogP contribution in [0.1, 0.15) is 22.4 Å². The van der Waals surface area contributed by atoms with Crippen LogP contribution >= 0.6 is 0 Å². The van der Waals surface area contributed by atoms with E-state index in [1.165, 1.54) is 33.3 Å². The summed E-state index contributed by atoms with van der Waals surface area (Å²) in [6, 6.07) is 4.45. The number of hydrogen-bond donors (Lipinski definition) is 2. The van der Waals surface area contributed by atoms with Gasteiger partial charge in [0.15, 0.2) is 0 Å². The number of nitrogens with zero attached hydrogens (tertiary/aromatic N) is 1. The van der Waals surface area contributed by atoms with Crippen molar-refractivity contribution in [3.63, 3.8) is 0 Å². The van der Waals surface area contributed by atoms with Crippen LogP contribution in [0.5, 0.6) is 0 Å². The Bertz CT molecular complexity index is 646. The van der Waals surface area contributed by atoms with Gasteiger partial charge in [0, 0.05) is 23.1 Å². The highest BCUT2D eigenvalue weighted by Gasteiger charge is 2.14. The average Bonchev–Trinajstić information content (AvgIpc) is 2.69. The molecule has 1 aromatic heterocycles. The van der Waals surface area contributed by atoms with E-state index in [2.05, 4.69) is 41.8 Å². The van der Waals surface area contributed by atoms with Crippen LogP contribution in [0.4, 0.5) is 0 Å². The van der Waals surface area contributed by atoms with Crippen molar-refractivity contribution >= 4 is 10.9 Å². The molecule has 0 radical (unpaired) electrons. The molecule has 0 amide bonds. The Morgan fingerprint density at radius 2 is 2.10 bits per heavy atom. The van der Waals surface area contributed by atoms with Gasteiger partial charge < -0.3 is 10.7 Å². The number of nitrogens with two attached hydrogens (primary N) is 1. The van der Waals surface area contributed by atoms with Gasteiger partial charge in [-0.05, 0) is 51.1 Å². The van der Waals surface area contributed by atoms with Crippen molar-refractivity contribution in [2.45, 2.75) is 26.8 Å². The standard InChI is InChI=1S/C17H23N3/c1-5-8-20(4)11-16-14(6-7-18)15-10-12(2)9-13(3)17(15)19-16/h1,9-10,19H,6-8,11,18H2,2-4H3. The summed E-state index contributed by atoms with van der Waals surface area (Å²) in [6.07, 6.45) is 6.27. The number of terminal acetylenes is 1. The Kier molecular flexibility index (Phi) is 4.49. The maximum atomic E-state index is 5.79. The number of nitrogens with one attached hydrogen (secondary N) is 1. The number of hydrogen-bond acceptors (Lipinski definition) is 2. The van der Waals surface area contributed by atoms with Gasteiger partial charge in [-0.25, -0.2) is 0 Å². The quantitative estimate of drug-likeness (QED) is 0.818. The van der Waals surface area contributed by atoms with E-state index in [1.807, 2.05) is 7.05 Å². The summed E-state index contributed by atoms with van der Waals surface area (Å²) in [6.45, 7) is 6.41. The lowest BCUT2D eigenvalue weighted by molar-refractivity contribution is 0.364. The van der Waals surface area contributed by atoms with E-state index < -0.39 is 0 Å². The molecule has 0 atom stereocenters. The monoisotopic (exact) mass is 269 g/mol. The van der Waals surface area contributed by atoms with E-state index in [4.69, 9.17) is 12.2 Å². The van der Waals surface area contributed by atoms with E-state index in [9.17, 15) is 0 Å². The molecule has 20 heavy (non-hydrogen) atoms. The smallest absolute Gasteiger partial charge is 0.0599 e. The summed E-state index contributed by atoms with van der Waals surface area (Å²) in [5, 5.41) is 1.30. The average molecular weight is 269 g/mol. The van der Waals surface area contributed by atoms with Crippen LogP contribution in [0.3, 0.4) is 0 Å². The molecule has 3 N–H and O–H groups in total. The Labute approximate surface area is 121 Å². The number of fused-ring (bicyclic) bond motifs is 1. The van der Waals surface area contributed by atoms with Crippen LogP contribution in [0, 0.1) is 26.2 Å². The van der Waals surface area contributed by atoms with E-state index in [1.54, 1.807) is 0 Å². The predicted octanol–water partition coefficient (Wildman–Crippen LogP) is 2.35. The first-order valence-corrected chi connectivity index (χ1v) is 6.99. The third-order valence-corrected chi connectivity index (χ3v) is 3.63. The molecular formula is C17H23N3. The Morgan fingerprint density at radius 3 is 2.75 bits per heavy atom. The van der Waals surface area contributed by atoms with Crippen LogP contribution in [0.15, 0.2) is 12.1 Å². The van der Waals surface area contributed by atoms with Crippen molar-refractivity contribution in [1.82, 2.24) is 9.88 Å². The first-order valence-electron chi connectivity index (χ1n) is 6.99. The molecule has 0 fully saturated rings. The maximum absolute atomic E-state index is 5.79. The van der Waals surface area contributed by atoms with Gasteiger partial charge in [-0.2, -0.15) is 0 Å². The lowest BCUT2D eigenvalue weighted by Gasteiger charge is -2.13. The predicted molar refractivity (Wildman–Crippen MR) is 85.7 cm³/mol. The zero-order valence-corrected chi connectivity index (χ0v) is 12.6. The van der Waals surface area contributed by atoms with E-state index in [0.717, 1.165) is 13.0 Å². The molecule has 1 heterocycles.